The summed E-state index contributed by atoms with van der Waals surface area (Å²) in [4.78, 5) is 14.2. The molecule has 1 aromatic rings. The van der Waals surface area contributed by atoms with Crippen molar-refractivity contribution in [2.24, 2.45) is 5.92 Å². The van der Waals surface area contributed by atoms with E-state index < -0.39 is 0 Å². The molecular formula is C13H17BrN2O. The molecule has 0 bridgehead atoms. The number of nitrogens with zero attached hydrogens (tertiary/aromatic N) is 2. The van der Waals surface area contributed by atoms with Gasteiger partial charge >= 0.3 is 0 Å². The average molecular weight is 297 g/mol. The van der Waals surface area contributed by atoms with Crippen molar-refractivity contribution in [2.45, 2.75) is 31.7 Å². The average Bonchev–Trinajstić information content (AvgIpc) is 3.17. The van der Waals surface area contributed by atoms with Crippen molar-refractivity contribution in [1.29, 1.82) is 0 Å². The maximum Gasteiger partial charge on any atom is 0.270 e. The Balaban J connectivity index is 1.78. The van der Waals surface area contributed by atoms with Crippen LogP contribution in [0, 0.1) is 5.92 Å². The largest absolute Gasteiger partial charge is 0.340 e. The van der Waals surface area contributed by atoms with Gasteiger partial charge in [0.1, 0.15) is 5.69 Å². The lowest BCUT2D eigenvalue weighted by atomic mass is 10.3. The number of hydrogen-bond acceptors (Lipinski definition) is 1. The zero-order chi connectivity index (χ0) is 12.0. The van der Waals surface area contributed by atoms with Crippen molar-refractivity contribution in [3.8, 4) is 0 Å². The number of carbonyl (C=O) groups excluding carboxylic acids is 1. The molecule has 2 fully saturated rings. The molecular weight excluding hydrogens is 280 g/mol. The summed E-state index contributed by atoms with van der Waals surface area (Å²) >= 11 is 3.47. The lowest BCUT2D eigenvalue weighted by Gasteiger charge is -2.17. The van der Waals surface area contributed by atoms with Crippen LogP contribution in [0.4, 0.5) is 0 Å². The Labute approximate surface area is 110 Å². The molecule has 0 aromatic carbocycles. The summed E-state index contributed by atoms with van der Waals surface area (Å²) in [5.74, 6) is 0.909. The van der Waals surface area contributed by atoms with Crippen LogP contribution in [-0.4, -0.2) is 29.0 Å². The Kier molecular flexibility index (Phi) is 2.77. The highest BCUT2D eigenvalue weighted by molar-refractivity contribution is 9.10. The monoisotopic (exact) mass is 296 g/mol. The van der Waals surface area contributed by atoms with Gasteiger partial charge in [0.05, 0.1) is 0 Å². The summed E-state index contributed by atoms with van der Waals surface area (Å²) in [6, 6.07) is 2.50. The van der Waals surface area contributed by atoms with Gasteiger partial charge in [0.2, 0.25) is 0 Å². The van der Waals surface area contributed by atoms with Crippen LogP contribution in [0.1, 0.15) is 42.2 Å². The summed E-state index contributed by atoms with van der Waals surface area (Å²) in [6.45, 7) is 0.909. The molecule has 2 aliphatic carbocycles. The van der Waals surface area contributed by atoms with Gasteiger partial charge in [0.15, 0.2) is 0 Å². The molecule has 3 rings (SSSR count). The maximum absolute atomic E-state index is 12.4. The minimum atomic E-state index is 0.162. The second kappa shape index (κ2) is 4.16. The Hall–Kier alpha value is -0.770. The van der Waals surface area contributed by atoms with Crippen LogP contribution in [0.25, 0.3) is 0 Å². The molecule has 1 aromatic heterocycles. The van der Waals surface area contributed by atoms with Gasteiger partial charge in [-0.2, -0.15) is 0 Å². The molecule has 4 heteroatoms. The van der Waals surface area contributed by atoms with Gasteiger partial charge in [-0.1, -0.05) is 0 Å². The second-order valence-electron chi connectivity index (χ2n) is 5.31. The Morgan fingerprint density at radius 2 is 2.18 bits per heavy atom. The molecule has 0 aliphatic heterocycles. The number of hydrogen-bond donors (Lipinski definition) is 0. The van der Waals surface area contributed by atoms with Crippen LogP contribution in [0.2, 0.25) is 0 Å². The fourth-order valence-electron chi connectivity index (χ4n) is 2.24. The third-order valence-corrected chi connectivity index (χ3v) is 3.98. The van der Waals surface area contributed by atoms with Crippen molar-refractivity contribution in [3.05, 3.63) is 22.4 Å². The van der Waals surface area contributed by atoms with Crippen molar-refractivity contribution in [3.63, 3.8) is 0 Å². The van der Waals surface area contributed by atoms with Crippen LogP contribution < -0.4 is 0 Å². The molecule has 0 atom stereocenters. The first-order valence-corrected chi connectivity index (χ1v) is 7.07. The SMILES string of the molecule is CN(CC1CC1)C(=O)c1cc(Br)cn1C1CC1. The van der Waals surface area contributed by atoms with Crippen LogP contribution in [0.15, 0.2) is 16.7 Å². The third-order valence-electron chi connectivity index (χ3n) is 3.55. The van der Waals surface area contributed by atoms with Gasteiger partial charge in [-0.25, -0.2) is 0 Å². The van der Waals surface area contributed by atoms with Crippen molar-refractivity contribution in [1.82, 2.24) is 9.47 Å². The first-order valence-electron chi connectivity index (χ1n) is 6.28. The Morgan fingerprint density at radius 3 is 2.76 bits per heavy atom. The van der Waals surface area contributed by atoms with Crippen LogP contribution in [0.5, 0.6) is 0 Å². The minimum absolute atomic E-state index is 0.162. The quantitative estimate of drug-likeness (QED) is 0.838. The summed E-state index contributed by atoms with van der Waals surface area (Å²) in [7, 11) is 1.92. The highest BCUT2D eigenvalue weighted by Crippen LogP contribution is 2.38. The molecule has 1 heterocycles. The maximum atomic E-state index is 12.4. The van der Waals surface area contributed by atoms with Gasteiger partial charge in [-0.05, 0) is 53.6 Å². The van der Waals surface area contributed by atoms with Gasteiger partial charge in [-0.15, -0.1) is 0 Å². The van der Waals surface area contributed by atoms with E-state index in [2.05, 4.69) is 20.5 Å². The van der Waals surface area contributed by atoms with Gasteiger partial charge in [0, 0.05) is 30.3 Å². The van der Waals surface area contributed by atoms with E-state index in [1.807, 2.05) is 24.2 Å². The molecule has 92 valence electrons. The summed E-state index contributed by atoms with van der Waals surface area (Å²) < 4.78 is 3.14. The molecule has 0 unspecified atom stereocenters. The first-order chi connectivity index (χ1) is 8.15. The number of amides is 1. The van der Waals surface area contributed by atoms with E-state index in [-0.39, 0.29) is 5.91 Å². The number of carbonyl (C=O) groups is 1. The predicted molar refractivity (Wildman–Crippen MR) is 70.1 cm³/mol. The molecule has 0 radical (unpaired) electrons. The van der Waals surface area contributed by atoms with E-state index in [1.54, 1.807) is 0 Å². The van der Waals surface area contributed by atoms with Crippen LogP contribution in [0.3, 0.4) is 0 Å². The Morgan fingerprint density at radius 1 is 1.47 bits per heavy atom. The highest BCUT2D eigenvalue weighted by Gasteiger charge is 2.30. The molecule has 3 nitrogen and oxygen atoms in total. The van der Waals surface area contributed by atoms with Crippen LogP contribution in [-0.2, 0) is 0 Å². The third kappa shape index (κ3) is 2.41. The van der Waals surface area contributed by atoms with Gasteiger partial charge < -0.3 is 9.47 Å². The van der Waals surface area contributed by atoms with Crippen LogP contribution >= 0.6 is 15.9 Å². The molecule has 0 saturated heterocycles. The smallest absolute Gasteiger partial charge is 0.270 e. The van der Waals surface area contributed by atoms with Crippen molar-refractivity contribution in [2.75, 3.05) is 13.6 Å². The van der Waals surface area contributed by atoms with E-state index in [1.165, 1.54) is 25.7 Å². The van der Waals surface area contributed by atoms with Crippen molar-refractivity contribution < 1.29 is 4.79 Å². The van der Waals surface area contributed by atoms with E-state index >= 15 is 0 Å². The standard InChI is InChI=1S/C13H17BrN2O/c1-15(7-9-2-3-9)13(17)12-6-10(14)8-16(12)11-4-5-11/h6,8-9,11H,2-5,7H2,1H3. The molecule has 0 N–H and O–H groups in total. The number of aromatic nitrogens is 1. The topological polar surface area (TPSA) is 25.2 Å². The predicted octanol–water partition coefficient (Wildman–Crippen LogP) is 3.07. The summed E-state index contributed by atoms with van der Waals surface area (Å²) in [6.07, 6.45) is 7.01. The first kappa shape index (κ1) is 11.3. The lowest BCUT2D eigenvalue weighted by molar-refractivity contribution is 0.0778. The zero-order valence-electron chi connectivity index (χ0n) is 10.0. The second-order valence-corrected chi connectivity index (χ2v) is 6.23. The van der Waals surface area contributed by atoms with E-state index in [4.69, 9.17) is 0 Å². The number of halogens is 1. The number of rotatable bonds is 4. The molecule has 2 aliphatic rings. The zero-order valence-corrected chi connectivity index (χ0v) is 11.6. The highest BCUT2D eigenvalue weighted by atomic mass is 79.9. The van der Waals surface area contributed by atoms with E-state index in [0.717, 1.165) is 22.6 Å². The minimum Gasteiger partial charge on any atom is -0.340 e. The fraction of sp³-hybridized carbons (Fsp3) is 0.615. The Bertz CT molecular complexity index is 446. The van der Waals surface area contributed by atoms with E-state index in [0.29, 0.717) is 6.04 Å². The normalized spacial score (nSPS) is 19.4. The molecule has 1 amide bonds. The molecule has 17 heavy (non-hydrogen) atoms. The fourth-order valence-corrected chi connectivity index (χ4v) is 2.68. The van der Waals surface area contributed by atoms with Gasteiger partial charge in [0.25, 0.3) is 5.91 Å². The van der Waals surface area contributed by atoms with Crippen molar-refractivity contribution >= 4 is 21.8 Å². The van der Waals surface area contributed by atoms with E-state index in [9.17, 15) is 4.79 Å². The lowest BCUT2D eigenvalue weighted by Crippen LogP contribution is -2.30. The summed E-state index contributed by atoms with van der Waals surface area (Å²) in [5.41, 5.74) is 0.836. The molecule has 0 spiro atoms. The summed E-state index contributed by atoms with van der Waals surface area (Å²) in [5, 5.41) is 0. The molecule has 2 saturated carbocycles. The van der Waals surface area contributed by atoms with Gasteiger partial charge in [-0.3, -0.25) is 4.79 Å².